The molecule has 2 rings (SSSR count). The fraction of sp³-hybridized carbons (Fsp3) is 0.333. The van der Waals surface area contributed by atoms with Gasteiger partial charge in [0.05, 0.1) is 0 Å². The highest BCUT2D eigenvalue weighted by molar-refractivity contribution is 6.34. The van der Waals surface area contributed by atoms with Crippen molar-refractivity contribution in [1.29, 1.82) is 0 Å². The third-order valence-electron chi connectivity index (χ3n) is 2.64. The molecule has 0 atom stereocenters. The molecule has 102 valence electrons. The third-order valence-corrected chi connectivity index (χ3v) is 2.64. The first-order chi connectivity index (χ1) is 9.20. The molecule has 4 N–H and O–H groups in total. The molecule has 1 aliphatic heterocycles. The number of nitrogens with two attached hydrogens (primary N) is 1. The zero-order valence-electron chi connectivity index (χ0n) is 10.3. The average Bonchev–Trinajstić information content (AvgIpc) is 2.46. The molecule has 1 aliphatic rings. The van der Waals surface area contributed by atoms with Gasteiger partial charge in [0.15, 0.2) is 11.5 Å². The summed E-state index contributed by atoms with van der Waals surface area (Å²) in [6.07, 6.45) is 0.584. The lowest BCUT2D eigenvalue weighted by molar-refractivity contribution is -0.139. The van der Waals surface area contributed by atoms with Crippen molar-refractivity contribution in [2.24, 2.45) is 5.84 Å². The van der Waals surface area contributed by atoms with Gasteiger partial charge in [0.2, 0.25) is 0 Å². The quantitative estimate of drug-likeness (QED) is 0.285. The van der Waals surface area contributed by atoms with Crippen LogP contribution in [-0.2, 0) is 16.0 Å². The number of ether oxygens (including phenoxy) is 2. The van der Waals surface area contributed by atoms with Gasteiger partial charge in [-0.15, -0.1) is 0 Å². The summed E-state index contributed by atoms with van der Waals surface area (Å²) >= 11 is 0. The summed E-state index contributed by atoms with van der Waals surface area (Å²) in [4.78, 5) is 22.0. The molecule has 7 nitrogen and oxygen atoms in total. The van der Waals surface area contributed by atoms with Crippen LogP contribution in [0.5, 0.6) is 11.5 Å². The van der Waals surface area contributed by atoms with Crippen LogP contribution in [0.4, 0.5) is 0 Å². The fourth-order valence-corrected chi connectivity index (χ4v) is 1.71. The monoisotopic (exact) mass is 265 g/mol. The van der Waals surface area contributed by atoms with Crippen molar-refractivity contribution in [2.75, 3.05) is 19.8 Å². The topological polar surface area (TPSA) is 103 Å². The highest BCUT2D eigenvalue weighted by Crippen LogP contribution is 2.30. The summed E-state index contributed by atoms with van der Waals surface area (Å²) in [6.45, 7) is 1.42. The van der Waals surface area contributed by atoms with Crippen LogP contribution in [0, 0.1) is 0 Å². The molecule has 2 amide bonds. The Morgan fingerprint density at radius 3 is 2.63 bits per heavy atom. The number of carbonyl (C=O) groups is 2. The summed E-state index contributed by atoms with van der Waals surface area (Å²) in [5.74, 6) is 4.66. The first-order valence-electron chi connectivity index (χ1n) is 5.88. The summed E-state index contributed by atoms with van der Waals surface area (Å²) in [6, 6.07) is 5.59. The van der Waals surface area contributed by atoms with E-state index >= 15 is 0 Å². The SMILES string of the molecule is NNC(=O)C(=O)NCCc1ccc2c(c1)OCCO2. The standard InChI is InChI=1S/C12H15N3O4/c13-15-12(17)11(16)14-4-3-8-1-2-9-10(7-8)19-6-5-18-9/h1-2,7H,3-6,13H2,(H,14,16)(H,15,17). The van der Waals surface area contributed by atoms with Gasteiger partial charge >= 0.3 is 11.8 Å². The minimum Gasteiger partial charge on any atom is -0.486 e. The van der Waals surface area contributed by atoms with Gasteiger partial charge < -0.3 is 14.8 Å². The number of carbonyl (C=O) groups excluding carboxylic acids is 2. The zero-order valence-corrected chi connectivity index (χ0v) is 10.3. The number of hydrazine groups is 1. The number of hydrogen-bond donors (Lipinski definition) is 3. The van der Waals surface area contributed by atoms with Crippen LogP contribution in [0.1, 0.15) is 5.56 Å². The second kappa shape index (κ2) is 6.05. The van der Waals surface area contributed by atoms with Crippen molar-refractivity contribution in [3.8, 4) is 11.5 Å². The van der Waals surface area contributed by atoms with Crippen molar-refractivity contribution in [3.63, 3.8) is 0 Å². The van der Waals surface area contributed by atoms with Gasteiger partial charge in [-0.1, -0.05) is 6.07 Å². The van der Waals surface area contributed by atoms with E-state index in [0.29, 0.717) is 31.9 Å². The molecule has 1 aromatic rings. The Bertz CT molecular complexity index is 490. The minimum atomic E-state index is -0.859. The van der Waals surface area contributed by atoms with Gasteiger partial charge in [0.25, 0.3) is 0 Å². The molecule has 19 heavy (non-hydrogen) atoms. The molecule has 7 heteroatoms. The molecule has 0 spiro atoms. The van der Waals surface area contributed by atoms with E-state index in [1.807, 2.05) is 18.2 Å². The molecule has 0 fully saturated rings. The van der Waals surface area contributed by atoms with E-state index in [2.05, 4.69) is 5.32 Å². The van der Waals surface area contributed by atoms with E-state index in [4.69, 9.17) is 15.3 Å². The van der Waals surface area contributed by atoms with E-state index in [-0.39, 0.29) is 0 Å². The Kier molecular flexibility index (Phi) is 4.19. The molecule has 0 radical (unpaired) electrons. The largest absolute Gasteiger partial charge is 0.486 e. The number of nitrogens with one attached hydrogen (secondary N) is 2. The van der Waals surface area contributed by atoms with Crippen molar-refractivity contribution in [3.05, 3.63) is 23.8 Å². The van der Waals surface area contributed by atoms with E-state index in [1.165, 1.54) is 0 Å². The predicted octanol–water partition coefficient (Wildman–Crippen LogP) is -0.894. The summed E-state index contributed by atoms with van der Waals surface area (Å²) in [7, 11) is 0. The van der Waals surface area contributed by atoms with Crippen LogP contribution in [-0.4, -0.2) is 31.6 Å². The smallest absolute Gasteiger partial charge is 0.323 e. The third kappa shape index (κ3) is 3.35. The van der Waals surface area contributed by atoms with Crippen LogP contribution in [0.15, 0.2) is 18.2 Å². The normalized spacial score (nSPS) is 12.7. The maximum Gasteiger partial charge on any atom is 0.323 e. The molecule has 1 heterocycles. The van der Waals surface area contributed by atoms with Crippen molar-refractivity contribution < 1.29 is 19.1 Å². The Morgan fingerprint density at radius 2 is 1.89 bits per heavy atom. The Morgan fingerprint density at radius 1 is 1.16 bits per heavy atom. The Balaban J connectivity index is 1.86. The van der Waals surface area contributed by atoms with Gasteiger partial charge in [-0.3, -0.25) is 15.0 Å². The Labute approximate surface area is 110 Å². The second-order valence-corrected chi connectivity index (χ2v) is 3.96. The summed E-state index contributed by atoms with van der Waals surface area (Å²) in [5, 5.41) is 2.46. The van der Waals surface area contributed by atoms with Crippen molar-refractivity contribution in [1.82, 2.24) is 10.7 Å². The first kappa shape index (κ1) is 13.2. The van der Waals surface area contributed by atoms with Gasteiger partial charge in [0, 0.05) is 6.54 Å². The molecule has 0 aliphatic carbocycles. The van der Waals surface area contributed by atoms with E-state index in [0.717, 1.165) is 11.3 Å². The van der Waals surface area contributed by atoms with Gasteiger partial charge in [-0.05, 0) is 24.1 Å². The van der Waals surface area contributed by atoms with Crippen molar-refractivity contribution in [2.45, 2.75) is 6.42 Å². The maximum absolute atomic E-state index is 11.1. The van der Waals surface area contributed by atoms with E-state index in [9.17, 15) is 9.59 Å². The van der Waals surface area contributed by atoms with Gasteiger partial charge in [-0.2, -0.15) is 0 Å². The molecule has 0 bridgehead atoms. The fourth-order valence-electron chi connectivity index (χ4n) is 1.71. The van der Waals surface area contributed by atoms with Crippen LogP contribution in [0.3, 0.4) is 0 Å². The predicted molar refractivity (Wildman–Crippen MR) is 66.5 cm³/mol. The number of amides is 2. The first-order valence-corrected chi connectivity index (χ1v) is 5.88. The highest BCUT2D eigenvalue weighted by atomic mass is 16.6. The summed E-state index contributed by atoms with van der Waals surface area (Å²) in [5.41, 5.74) is 2.75. The van der Waals surface area contributed by atoms with Crippen LogP contribution < -0.4 is 26.1 Å². The number of hydrogen-bond acceptors (Lipinski definition) is 5. The second-order valence-electron chi connectivity index (χ2n) is 3.96. The van der Waals surface area contributed by atoms with E-state index in [1.54, 1.807) is 5.43 Å². The Hall–Kier alpha value is -2.28. The van der Waals surface area contributed by atoms with Gasteiger partial charge in [0.1, 0.15) is 13.2 Å². The summed E-state index contributed by atoms with van der Waals surface area (Å²) < 4.78 is 10.9. The van der Waals surface area contributed by atoms with Crippen molar-refractivity contribution >= 4 is 11.8 Å². The molecule has 0 aromatic heterocycles. The van der Waals surface area contributed by atoms with E-state index < -0.39 is 11.8 Å². The molecule has 0 unspecified atom stereocenters. The number of fused-ring (bicyclic) bond motifs is 1. The maximum atomic E-state index is 11.1. The average molecular weight is 265 g/mol. The van der Waals surface area contributed by atoms with Crippen LogP contribution in [0.25, 0.3) is 0 Å². The number of rotatable bonds is 3. The lowest BCUT2D eigenvalue weighted by atomic mass is 10.1. The molecular formula is C12H15N3O4. The molecular weight excluding hydrogens is 250 g/mol. The number of benzene rings is 1. The minimum absolute atomic E-state index is 0.339. The highest BCUT2D eigenvalue weighted by Gasteiger charge is 2.13. The molecule has 1 aromatic carbocycles. The molecule has 0 saturated heterocycles. The lowest BCUT2D eigenvalue weighted by Gasteiger charge is -2.18. The lowest BCUT2D eigenvalue weighted by Crippen LogP contribution is -2.43. The van der Waals surface area contributed by atoms with Gasteiger partial charge in [-0.25, -0.2) is 5.84 Å². The van der Waals surface area contributed by atoms with Crippen LogP contribution in [0.2, 0.25) is 0 Å². The molecule has 0 saturated carbocycles. The zero-order chi connectivity index (χ0) is 13.7. The van der Waals surface area contributed by atoms with Crippen LogP contribution >= 0.6 is 0 Å².